The van der Waals surface area contributed by atoms with Crippen molar-refractivity contribution in [3.63, 3.8) is 0 Å². The van der Waals surface area contributed by atoms with Gasteiger partial charge in [0.25, 0.3) is 0 Å². The number of H-pyrrole nitrogens is 2. The van der Waals surface area contributed by atoms with Gasteiger partial charge in [-0.2, -0.15) is 0 Å². The van der Waals surface area contributed by atoms with E-state index in [-0.39, 0.29) is 22.3 Å². The van der Waals surface area contributed by atoms with Crippen LogP contribution in [0.3, 0.4) is 0 Å². The van der Waals surface area contributed by atoms with Crippen molar-refractivity contribution < 1.29 is 17.6 Å². The summed E-state index contributed by atoms with van der Waals surface area (Å²) in [6.07, 6.45) is 17.2. The summed E-state index contributed by atoms with van der Waals surface area (Å²) in [5, 5.41) is 0. The molecule has 8 nitrogen and oxygen atoms in total. The van der Waals surface area contributed by atoms with Gasteiger partial charge in [-0.3, -0.25) is 19.9 Å². The molecule has 7 aromatic heterocycles. The van der Waals surface area contributed by atoms with Crippen LogP contribution in [0.2, 0.25) is 0 Å². The third-order valence-electron chi connectivity index (χ3n) is 8.92. The zero-order valence-corrected chi connectivity index (χ0v) is 26.7. The molecule has 8 bridgehead atoms. The van der Waals surface area contributed by atoms with Crippen LogP contribution in [-0.2, 0) is 0 Å². The fourth-order valence-electron chi connectivity index (χ4n) is 6.65. The standard InChI is InChI=1S/C40H22F4N8/c41-25-17-45-13-9-21(25)37-29-1-2-30(49-29)38(22-10-14-46-18-26(22)42)32-5-6-34(51-32)40(24-12-16-48-20-28(24)44)36-8-7-35(52-36)39(33-4-3-31(37)50-33)23-11-15-47-19-27(23)43/h1-20,49-50H. The van der Waals surface area contributed by atoms with Crippen LogP contribution in [0.1, 0.15) is 22.8 Å². The molecule has 0 saturated carbocycles. The topological polar surface area (TPSA) is 109 Å². The van der Waals surface area contributed by atoms with Gasteiger partial charge in [0.2, 0.25) is 0 Å². The van der Waals surface area contributed by atoms with Crippen LogP contribution < -0.4 is 0 Å². The maximum atomic E-state index is 15.6. The van der Waals surface area contributed by atoms with Gasteiger partial charge in [-0.05, 0) is 72.8 Å². The van der Waals surface area contributed by atoms with Gasteiger partial charge in [-0.15, -0.1) is 0 Å². The number of halogens is 4. The first-order valence-electron chi connectivity index (χ1n) is 16.0. The summed E-state index contributed by atoms with van der Waals surface area (Å²) in [6.45, 7) is 0. The Morgan fingerprint density at radius 3 is 0.981 bits per heavy atom. The highest BCUT2D eigenvalue weighted by atomic mass is 19.1. The summed E-state index contributed by atoms with van der Waals surface area (Å²) in [4.78, 5) is 32.3. The van der Waals surface area contributed by atoms with Crippen molar-refractivity contribution in [3.05, 3.63) is 144 Å². The zero-order valence-electron chi connectivity index (χ0n) is 26.7. The smallest absolute Gasteiger partial charge is 0.149 e. The summed E-state index contributed by atoms with van der Waals surface area (Å²) in [5.41, 5.74) is 5.70. The fourth-order valence-corrected chi connectivity index (χ4v) is 6.65. The third kappa shape index (κ3) is 5.16. The maximum Gasteiger partial charge on any atom is 0.149 e. The van der Waals surface area contributed by atoms with E-state index in [1.807, 2.05) is 0 Å². The van der Waals surface area contributed by atoms with E-state index in [1.54, 1.807) is 54.6 Å². The molecule has 0 amide bonds. The molecule has 9 rings (SSSR count). The Hall–Kier alpha value is -7.08. The molecular formula is C40H22F4N8. The Labute approximate surface area is 292 Å². The molecule has 0 aliphatic carbocycles. The lowest BCUT2D eigenvalue weighted by molar-refractivity contribution is 0.624. The Bertz CT molecular complexity index is 2680. The van der Waals surface area contributed by atoms with Crippen molar-refractivity contribution in [2.45, 2.75) is 0 Å². The molecule has 7 aromatic rings. The molecule has 52 heavy (non-hydrogen) atoms. The van der Waals surface area contributed by atoms with Gasteiger partial charge >= 0.3 is 0 Å². The number of hydrogen-bond acceptors (Lipinski definition) is 6. The van der Waals surface area contributed by atoms with Crippen molar-refractivity contribution in [3.8, 4) is 44.5 Å². The molecule has 250 valence electrons. The Kier molecular flexibility index (Phi) is 7.35. The predicted octanol–water partition coefficient (Wildman–Crippen LogP) is 9.46. The van der Waals surface area contributed by atoms with Gasteiger partial charge in [-0.1, -0.05) is 0 Å². The van der Waals surface area contributed by atoms with Crippen LogP contribution in [0.25, 0.3) is 90.9 Å². The number of nitrogens with one attached hydrogen (secondary N) is 2. The molecule has 2 aliphatic rings. The molecule has 0 unspecified atom stereocenters. The molecule has 12 heteroatoms. The molecule has 0 atom stereocenters. The molecule has 0 fully saturated rings. The number of aromatic amines is 2. The quantitative estimate of drug-likeness (QED) is 0.178. The summed E-state index contributed by atoms with van der Waals surface area (Å²) in [7, 11) is 0. The summed E-state index contributed by atoms with van der Waals surface area (Å²) < 4.78 is 62.3. The van der Waals surface area contributed by atoms with Gasteiger partial charge in [0.05, 0.1) is 47.6 Å². The number of rotatable bonds is 4. The van der Waals surface area contributed by atoms with Crippen molar-refractivity contribution in [1.29, 1.82) is 0 Å². The van der Waals surface area contributed by atoms with E-state index in [9.17, 15) is 0 Å². The minimum Gasteiger partial charge on any atom is -0.354 e. The summed E-state index contributed by atoms with van der Waals surface area (Å²) >= 11 is 0. The van der Waals surface area contributed by atoms with Crippen molar-refractivity contribution >= 4 is 46.4 Å². The number of pyridine rings is 4. The molecule has 0 radical (unpaired) electrons. The highest BCUT2D eigenvalue weighted by Crippen LogP contribution is 2.39. The van der Waals surface area contributed by atoms with Crippen molar-refractivity contribution in [2.24, 2.45) is 0 Å². The highest BCUT2D eigenvalue weighted by molar-refractivity contribution is 6.00. The van der Waals surface area contributed by atoms with Crippen LogP contribution in [0.4, 0.5) is 17.6 Å². The Balaban J connectivity index is 1.51. The minimum atomic E-state index is -0.607. The van der Waals surface area contributed by atoms with Crippen LogP contribution in [-0.4, -0.2) is 39.9 Å². The molecule has 2 aliphatic heterocycles. The first kappa shape index (κ1) is 30.9. The molecule has 0 saturated heterocycles. The van der Waals surface area contributed by atoms with Gasteiger partial charge < -0.3 is 9.97 Å². The van der Waals surface area contributed by atoms with Crippen LogP contribution in [0.15, 0.2) is 98.1 Å². The number of fused-ring (bicyclic) bond motifs is 8. The SMILES string of the molecule is Fc1cnccc1-c1c2nc(c(-c3ccncc3F)c3ccc([nH]3)c(-c3ccncc3F)c3ccc([nH]3)c(-c3ccncc3F)c3nc1C=C3)C=C2. The summed E-state index contributed by atoms with van der Waals surface area (Å²) in [6, 6.07) is 13.2. The first-order valence-corrected chi connectivity index (χ1v) is 16.0. The van der Waals surface area contributed by atoms with E-state index in [1.165, 1.54) is 43.0 Å². The zero-order chi connectivity index (χ0) is 35.3. The van der Waals surface area contributed by atoms with E-state index < -0.39 is 23.3 Å². The van der Waals surface area contributed by atoms with E-state index >= 15 is 17.6 Å². The second kappa shape index (κ2) is 12.4. The van der Waals surface area contributed by atoms with E-state index in [4.69, 9.17) is 9.97 Å². The second-order valence-electron chi connectivity index (χ2n) is 11.9. The normalized spacial score (nSPS) is 12.1. The van der Waals surface area contributed by atoms with Gasteiger partial charge in [-0.25, -0.2) is 27.5 Å². The lowest BCUT2D eigenvalue weighted by Crippen LogP contribution is -1.94. The van der Waals surface area contributed by atoms with E-state index in [2.05, 4.69) is 29.9 Å². The lowest BCUT2D eigenvalue weighted by Gasteiger charge is -2.08. The number of hydrogen-bond donors (Lipinski definition) is 2. The number of aromatic nitrogens is 8. The lowest BCUT2D eigenvalue weighted by atomic mass is 10.0. The first-order chi connectivity index (χ1) is 25.4. The van der Waals surface area contributed by atoms with Gasteiger partial charge in [0, 0.05) is 91.4 Å². The maximum absolute atomic E-state index is 15.6. The van der Waals surface area contributed by atoms with Crippen LogP contribution >= 0.6 is 0 Å². The average Bonchev–Trinajstić information content (AvgIpc) is 3.99. The van der Waals surface area contributed by atoms with Gasteiger partial charge in [0.15, 0.2) is 0 Å². The molecule has 0 spiro atoms. The largest absolute Gasteiger partial charge is 0.354 e. The molecule has 0 aromatic carbocycles. The molecule has 2 N–H and O–H groups in total. The Morgan fingerprint density at radius 1 is 0.346 bits per heavy atom. The van der Waals surface area contributed by atoms with Crippen molar-refractivity contribution in [1.82, 2.24) is 39.9 Å². The van der Waals surface area contributed by atoms with Crippen LogP contribution in [0, 0.1) is 23.3 Å². The fraction of sp³-hybridized carbons (Fsp3) is 0. The average molecular weight is 691 g/mol. The highest BCUT2D eigenvalue weighted by Gasteiger charge is 2.22. The minimum absolute atomic E-state index is 0.182. The molecule has 9 heterocycles. The van der Waals surface area contributed by atoms with Crippen LogP contribution in [0.5, 0.6) is 0 Å². The second-order valence-corrected chi connectivity index (χ2v) is 11.9. The molecular weight excluding hydrogens is 668 g/mol. The van der Waals surface area contributed by atoms with E-state index in [0.29, 0.717) is 67.1 Å². The number of nitrogens with zero attached hydrogens (tertiary/aromatic N) is 6. The summed E-state index contributed by atoms with van der Waals surface area (Å²) in [5.74, 6) is -2.37. The van der Waals surface area contributed by atoms with Gasteiger partial charge in [0.1, 0.15) is 23.3 Å². The van der Waals surface area contributed by atoms with E-state index in [0.717, 1.165) is 24.8 Å². The Morgan fingerprint density at radius 2 is 0.635 bits per heavy atom. The monoisotopic (exact) mass is 690 g/mol. The third-order valence-corrected chi connectivity index (χ3v) is 8.92. The predicted molar refractivity (Wildman–Crippen MR) is 192 cm³/mol. The van der Waals surface area contributed by atoms with Crippen molar-refractivity contribution in [2.75, 3.05) is 0 Å².